The third kappa shape index (κ3) is 28.2. The molecule has 0 rings (SSSR count). The maximum atomic E-state index is 12.3. The van der Waals surface area contributed by atoms with Gasteiger partial charge in [0, 0.05) is 0 Å². The summed E-state index contributed by atoms with van der Waals surface area (Å²) in [6.07, 6.45) is 38.2. The summed E-state index contributed by atoms with van der Waals surface area (Å²) in [6.45, 7) is 3.93. The first-order chi connectivity index (χ1) is 20.0. The SMILES string of the molecule is C/C=C/CC/C=C/CC/C=C/C(O)C(CO)NC(=O)CC(O)CCCCCCC/C=C\CCCCCCCCCC. The van der Waals surface area contributed by atoms with Gasteiger partial charge in [-0.1, -0.05) is 126 Å². The van der Waals surface area contributed by atoms with Crippen LogP contribution < -0.4 is 5.32 Å². The quantitative estimate of drug-likeness (QED) is 0.0531. The Bertz CT molecular complexity index is 685. The van der Waals surface area contributed by atoms with E-state index in [1.807, 2.05) is 13.0 Å². The minimum atomic E-state index is -0.959. The molecule has 238 valence electrons. The lowest BCUT2D eigenvalue weighted by atomic mass is 10.0. The number of aliphatic hydroxyl groups excluding tert-OH is 3. The van der Waals surface area contributed by atoms with Crippen LogP contribution in [0.1, 0.15) is 149 Å². The molecule has 3 atom stereocenters. The molecule has 0 aromatic carbocycles. The second kappa shape index (κ2) is 31.3. The van der Waals surface area contributed by atoms with Crippen molar-refractivity contribution in [1.29, 1.82) is 0 Å². The zero-order valence-corrected chi connectivity index (χ0v) is 26.7. The van der Waals surface area contributed by atoms with Crippen molar-refractivity contribution in [2.45, 2.75) is 167 Å². The average molecular weight is 576 g/mol. The lowest BCUT2D eigenvalue weighted by Crippen LogP contribution is -2.45. The van der Waals surface area contributed by atoms with Crippen molar-refractivity contribution >= 4 is 5.91 Å². The molecule has 0 saturated heterocycles. The van der Waals surface area contributed by atoms with Gasteiger partial charge < -0.3 is 20.6 Å². The molecule has 1 amide bonds. The van der Waals surface area contributed by atoms with Gasteiger partial charge in [-0.05, 0) is 64.7 Å². The highest BCUT2D eigenvalue weighted by molar-refractivity contribution is 5.76. The van der Waals surface area contributed by atoms with Crippen molar-refractivity contribution in [2.24, 2.45) is 0 Å². The van der Waals surface area contributed by atoms with Gasteiger partial charge >= 0.3 is 0 Å². The Morgan fingerprint density at radius 3 is 1.71 bits per heavy atom. The molecule has 0 fully saturated rings. The molecule has 0 aromatic rings. The third-order valence-corrected chi connectivity index (χ3v) is 7.41. The fourth-order valence-electron chi connectivity index (χ4n) is 4.78. The maximum Gasteiger partial charge on any atom is 0.222 e. The second-order valence-electron chi connectivity index (χ2n) is 11.4. The van der Waals surface area contributed by atoms with E-state index in [0.717, 1.165) is 51.4 Å². The van der Waals surface area contributed by atoms with E-state index < -0.39 is 18.2 Å². The molecule has 0 aliphatic rings. The van der Waals surface area contributed by atoms with Gasteiger partial charge in [-0.15, -0.1) is 0 Å². The lowest BCUT2D eigenvalue weighted by molar-refractivity contribution is -0.124. The molecule has 0 saturated carbocycles. The topological polar surface area (TPSA) is 89.8 Å². The summed E-state index contributed by atoms with van der Waals surface area (Å²) < 4.78 is 0. The molecule has 0 radical (unpaired) electrons. The summed E-state index contributed by atoms with van der Waals surface area (Å²) in [6, 6.07) is -0.767. The van der Waals surface area contributed by atoms with Crippen molar-refractivity contribution in [3.05, 3.63) is 48.6 Å². The number of aliphatic hydroxyl groups is 3. The number of nitrogens with one attached hydrogen (secondary N) is 1. The van der Waals surface area contributed by atoms with E-state index in [0.29, 0.717) is 6.42 Å². The minimum Gasteiger partial charge on any atom is -0.394 e. The molecular weight excluding hydrogens is 510 g/mol. The molecular formula is C36H65NO4. The first-order valence-electron chi connectivity index (χ1n) is 16.9. The highest BCUT2D eigenvalue weighted by Crippen LogP contribution is 2.12. The Balaban J connectivity index is 3.77. The molecule has 41 heavy (non-hydrogen) atoms. The van der Waals surface area contributed by atoms with E-state index >= 15 is 0 Å². The van der Waals surface area contributed by atoms with Crippen LogP contribution in [0.15, 0.2) is 48.6 Å². The van der Waals surface area contributed by atoms with Gasteiger partial charge in [0.25, 0.3) is 0 Å². The standard InChI is InChI=1S/C36H65NO4/c1-3-5-7-9-11-13-14-15-16-17-18-19-20-22-23-25-27-29-33(39)31-36(41)37-34(32-38)35(40)30-28-26-24-21-12-10-8-6-4-2/h4,6,12,17-18,21,28,30,33-35,38-40H,3,5,7-11,13-16,19-20,22-27,29,31-32H2,1-2H3,(H,37,41)/b6-4+,18-17-,21-12+,30-28+. The Labute approximate surface area is 253 Å². The van der Waals surface area contributed by atoms with Crippen LogP contribution in [0.5, 0.6) is 0 Å². The van der Waals surface area contributed by atoms with Gasteiger partial charge in [0.1, 0.15) is 0 Å². The van der Waals surface area contributed by atoms with Crippen molar-refractivity contribution < 1.29 is 20.1 Å². The number of amides is 1. The average Bonchev–Trinajstić information content (AvgIpc) is 2.96. The Morgan fingerprint density at radius 1 is 0.659 bits per heavy atom. The number of carbonyl (C=O) groups is 1. The number of hydrogen-bond acceptors (Lipinski definition) is 4. The lowest BCUT2D eigenvalue weighted by Gasteiger charge is -2.20. The first-order valence-corrected chi connectivity index (χ1v) is 16.9. The number of hydrogen-bond donors (Lipinski definition) is 4. The van der Waals surface area contributed by atoms with Crippen LogP contribution in [-0.2, 0) is 4.79 Å². The van der Waals surface area contributed by atoms with Crippen molar-refractivity contribution in [1.82, 2.24) is 5.32 Å². The van der Waals surface area contributed by atoms with E-state index in [1.165, 1.54) is 70.6 Å². The van der Waals surface area contributed by atoms with E-state index in [4.69, 9.17) is 0 Å². The first kappa shape index (κ1) is 39.3. The Hall–Kier alpha value is -1.69. The normalized spacial score (nSPS) is 14.6. The zero-order valence-electron chi connectivity index (χ0n) is 26.7. The van der Waals surface area contributed by atoms with E-state index in [9.17, 15) is 20.1 Å². The molecule has 0 spiro atoms. The van der Waals surface area contributed by atoms with E-state index in [1.54, 1.807) is 6.08 Å². The summed E-state index contributed by atoms with van der Waals surface area (Å²) in [4.78, 5) is 12.3. The van der Waals surface area contributed by atoms with E-state index in [-0.39, 0.29) is 18.9 Å². The Kier molecular flexibility index (Phi) is 30.0. The van der Waals surface area contributed by atoms with Crippen LogP contribution in [-0.4, -0.2) is 46.1 Å². The molecule has 5 heteroatoms. The van der Waals surface area contributed by atoms with Gasteiger partial charge in [-0.25, -0.2) is 0 Å². The molecule has 0 aliphatic heterocycles. The molecule has 4 N–H and O–H groups in total. The van der Waals surface area contributed by atoms with Crippen LogP contribution >= 0.6 is 0 Å². The summed E-state index contributed by atoms with van der Waals surface area (Å²) in [7, 11) is 0. The molecule has 5 nitrogen and oxygen atoms in total. The number of rotatable bonds is 29. The summed E-state index contributed by atoms with van der Waals surface area (Å²) in [5, 5.41) is 32.8. The molecule has 0 bridgehead atoms. The van der Waals surface area contributed by atoms with E-state index in [2.05, 4.69) is 48.7 Å². The van der Waals surface area contributed by atoms with Crippen molar-refractivity contribution in [2.75, 3.05) is 6.61 Å². The molecule has 3 unspecified atom stereocenters. The molecule has 0 aliphatic carbocycles. The monoisotopic (exact) mass is 575 g/mol. The third-order valence-electron chi connectivity index (χ3n) is 7.41. The molecule has 0 heterocycles. The number of allylic oxidation sites excluding steroid dienone is 7. The van der Waals surface area contributed by atoms with Crippen LogP contribution in [0.2, 0.25) is 0 Å². The van der Waals surface area contributed by atoms with Crippen molar-refractivity contribution in [3.8, 4) is 0 Å². The molecule has 0 aromatic heterocycles. The van der Waals surface area contributed by atoms with Gasteiger partial charge in [0.05, 0.1) is 31.3 Å². The van der Waals surface area contributed by atoms with Crippen LogP contribution in [0.25, 0.3) is 0 Å². The maximum absolute atomic E-state index is 12.3. The largest absolute Gasteiger partial charge is 0.394 e. The Morgan fingerprint density at radius 2 is 1.15 bits per heavy atom. The number of carbonyl (C=O) groups excluding carboxylic acids is 1. The van der Waals surface area contributed by atoms with Gasteiger partial charge in [-0.2, -0.15) is 0 Å². The smallest absolute Gasteiger partial charge is 0.222 e. The fourth-order valence-corrected chi connectivity index (χ4v) is 4.78. The van der Waals surface area contributed by atoms with Crippen LogP contribution in [0, 0.1) is 0 Å². The summed E-state index contributed by atoms with van der Waals surface area (Å²) in [5.74, 6) is -0.341. The predicted molar refractivity (Wildman–Crippen MR) is 176 cm³/mol. The zero-order chi connectivity index (χ0) is 30.2. The van der Waals surface area contributed by atoms with Crippen LogP contribution in [0.3, 0.4) is 0 Å². The minimum absolute atomic E-state index is 0.00536. The fraction of sp³-hybridized carbons (Fsp3) is 0.750. The number of unbranched alkanes of at least 4 members (excludes halogenated alkanes) is 15. The van der Waals surface area contributed by atoms with Gasteiger partial charge in [0.2, 0.25) is 5.91 Å². The van der Waals surface area contributed by atoms with Crippen molar-refractivity contribution in [3.63, 3.8) is 0 Å². The van der Waals surface area contributed by atoms with Gasteiger partial charge in [-0.3, -0.25) is 4.79 Å². The highest BCUT2D eigenvalue weighted by Gasteiger charge is 2.20. The summed E-state index contributed by atoms with van der Waals surface area (Å²) >= 11 is 0. The predicted octanol–water partition coefficient (Wildman–Crippen LogP) is 8.64. The van der Waals surface area contributed by atoms with Crippen LogP contribution in [0.4, 0.5) is 0 Å². The highest BCUT2D eigenvalue weighted by atomic mass is 16.3. The van der Waals surface area contributed by atoms with Gasteiger partial charge in [0.15, 0.2) is 0 Å². The second-order valence-corrected chi connectivity index (χ2v) is 11.4. The summed E-state index contributed by atoms with van der Waals surface area (Å²) in [5.41, 5.74) is 0.